The van der Waals surface area contributed by atoms with Crippen LogP contribution in [0.25, 0.3) is 15.9 Å². The molecular weight excluding hydrogens is 316 g/mol. The van der Waals surface area contributed by atoms with Crippen LogP contribution in [-0.4, -0.2) is 14.7 Å². The Morgan fingerprint density at radius 1 is 1.36 bits per heavy atom. The van der Waals surface area contributed by atoms with Crippen molar-refractivity contribution in [2.75, 3.05) is 0 Å². The van der Waals surface area contributed by atoms with Crippen LogP contribution in [0.3, 0.4) is 0 Å². The van der Waals surface area contributed by atoms with Crippen LogP contribution >= 0.6 is 23.6 Å². The molecule has 0 aliphatic heterocycles. The van der Waals surface area contributed by atoms with Gasteiger partial charge in [0.25, 0.3) is 5.56 Å². The Morgan fingerprint density at radius 3 is 2.95 bits per heavy atom. The van der Waals surface area contributed by atoms with Gasteiger partial charge < -0.3 is 10.1 Å². The monoisotopic (exact) mass is 330 g/mol. The number of hydrogen-bond acceptors (Lipinski definition) is 4. The first-order valence-electron chi connectivity index (χ1n) is 7.16. The number of phenols is 1. The molecule has 0 bridgehead atoms. The average molecular weight is 330 g/mol. The number of benzene rings is 1. The Labute approximate surface area is 135 Å². The Hall–Kier alpha value is -1.92. The molecule has 22 heavy (non-hydrogen) atoms. The van der Waals surface area contributed by atoms with Gasteiger partial charge in [0.15, 0.2) is 4.77 Å². The molecule has 4 nitrogen and oxygen atoms in total. The van der Waals surface area contributed by atoms with Crippen LogP contribution in [0.4, 0.5) is 0 Å². The number of nitrogens with zero attached hydrogens (tertiary/aromatic N) is 1. The quantitative estimate of drug-likeness (QED) is 0.670. The predicted molar refractivity (Wildman–Crippen MR) is 91.0 cm³/mol. The first-order chi connectivity index (χ1) is 10.6. The van der Waals surface area contributed by atoms with Crippen LogP contribution in [0, 0.1) is 11.7 Å². The molecule has 6 heteroatoms. The number of aryl methyl sites for hydroxylation is 3. The average Bonchev–Trinajstić information content (AvgIpc) is 3.00. The Bertz CT molecular complexity index is 1030. The zero-order valence-electron chi connectivity index (χ0n) is 12.0. The van der Waals surface area contributed by atoms with Gasteiger partial charge in [0.05, 0.1) is 11.1 Å². The minimum Gasteiger partial charge on any atom is -0.508 e. The molecule has 4 rings (SSSR count). The van der Waals surface area contributed by atoms with Gasteiger partial charge in [0.2, 0.25) is 0 Å². The van der Waals surface area contributed by atoms with E-state index in [4.69, 9.17) is 12.2 Å². The molecule has 0 amide bonds. The summed E-state index contributed by atoms with van der Waals surface area (Å²) >= 11 is 7.05. The molecule has 2 heterocycles. The summed E-state index contributed by atoms with van der Waals surface area (Å²) in [6.07, 6.45) is 3.13. The van der Waals surface area contributed by atoms with Gasteiger partial charge in [0, 0.05) is 4.88 Å². The number of fused-ring (bicyclic) bond motifs is 3. The molecule has 1 aromatic carbocycles. The SMILES string of the molecule is Cc1cc(O)ccc1-n1c(=S)[nH]c2sc3c(c2c1=O)CCC3. The largest absolute Gasteiger partial charge is 0.508 e. The molecule has 0 fully saturated rings. The summed E-state index contributed by atoms with van der Waals surface area (Å²) < 4.78 is 1.93. The molecular formula is C16H14N2O2S2. The van der Waals surface area contributed by atoms with Crippen molar-refractivity contribution in [2.45, 2.75) is 26.2 Å². The van der Waals surface area contributed by atoms with E-state index in [1.165, 1.54) is 15.0 Å². The lowest BCUT2D eigenvalue weighted by Crippen LogP contribution is -2.21. The topological polar surface area (TPSA) is 58.0 Å². The van der Waals surface area contributed by atoms with Gasteiger partial charge in [-0.2, -0.15) is 0 Å². The maximum atomic E-state index is 13.0. The van der Waals surface area contributed by atoms with Crippen molar-refractivity contribution in [1.29, 1.82) is 0 Å². The third-order valence-electron chi connectivity index (χ3n) is 4.18. The molecule has 1 aliphatic carbocycles. The molecule has 2 N–H and O–H groups in total. The second kappa shape index (κ2) is 4.79. The van der Waals surface area contributed by atoms with Crippen molar-refractivity contribution in [3.05, 3.63) is 49.3 Å². The molecule has 112 valence electrons. The lowest BCUT2D eigenvalue weighted by Gasteiger charge is -2.10. The number of aromatic amines is 1. The first kappa shape index (κ1) is 13.7. The second-order valence-electron chi connectivity index (χ2n) is 5.60. The summed E-state index contributed by atoms with van der Waals surface area (Å²) in [5.41, 5.74) is 2.64. The zero-order valence-corrected chi connectivity index (χ0v) is 13.6. The van der Waals surface area contributed by atoms with Crippen molar-refractivity contribution in [3.63, 3.8) is 0 Å². The van der Waals surface area contributed by atoms with Crippen LogP contribution in [0.15, 0.2) is 23.0 Å². The highest BCUT2D eigenvalue weighted by atomic mass is 32.1. The fraction of sp³-hybridized carbons (Fsp3) is 0.250. The highest BCUT2D eigenvalue weighted by Crippen LogP contribution is 2.34. The first-order valence-corrected chi connectivity index (χ1v) is 8.38. The van der Waals surface area contributed by atoms with Crippen LogP contribution in [0.5, 0.6) is 5.75 Å². The summed E-state index contributed by atoms with van der Waals surface area (Å²) in [6, 6.07) is 4.94. The van der Waals surface area contributed by atoms with Crippen molar-refractivity contribution in [3.8, 4) is 11.4 Å². The molecule has 0 radical (unpaired) electrons. The Balaban J connectivity index is 2.10. The number of nitrogens with one attached hydrogen (secondary N) is 1. The van der Waals surface area contributed by atoms with Gasteiger partial charge in [-0.05, 0) is 67.7 Å². The maximum Gasteiger partial charge on any atom is 0.267 e. The number of aromatic hydroxyl groups is 1. The minimum absolute atomic E-state index is 0.0630. The number of rotatable bonds is 1. The lowest BCUT2D eigenvalue weighted by molar-refractivity contribution is 0.474. The number of aromatic nitrogens is 2. The van der Waals surface area contributed by atoms with Gasteiger partial charge in [0.1, 0.15) is 10.6 Å². The summed E-state index contributed by atoms with van der Waals surface area (Å²) in [7, 11) is 0. The van der Waals surface area contributed by atoms with E-state index in [1.54, 1.807) is 29.5 Å². The molecule has 0 spiro atoms. The third kappa shape index (κ3) is 1.87. The summed E-state index contributed by atoms with van der Waals surface area (Å²) in [5, 5.41) is 10.3. The summed E-state index contributed by atoms with van der Waals surface area (Å²) in [5.74, 6) is 0.182. The molecule has 2 aromatic heterocycles. The molecule has 0 saturated heterocycles. The highest BCUT2D eigenvalue weighted by Gasteiger charge is 2.22. The van der Waals surface area contributed by atoms with E-state index in [9.17, 15) is 9.90 Å². The van der Waals surface area contributed by atoms with Gasteiger partial charge in [-0.25, -0.2) is 0 Å². The molecule has 1 aliphatic rings. The number of hydrogen-bond donors (Lipinski definition) is 2. The zero-order chi connectivity index (χ0) is 15.4. The second-order valence-corrected chi connectivity index (χ2v) is 7.09. The van der Waals surface area contributed by atoms with Crippen LogP contribution < -0.4 is 5.56 Å². The normalized spacial score (nSPS) is 13.7. The van der Waals surface area contributed by atoms with E-state index >= 15 is 0 Å². The molecule has 0 unspecified atom stereocenters. The van der Waals surface area contributed by atoms with E-state index < -0.39 is 0 Å². The van der Waals surface area contributed by atoms with E-state index in [0.717, 1.165) is 35.0 Å². The number of phenolic OH excluding ortho intramolecular Hbond substituents is 1. The summed E-state index contributed by atoms with van der Waals surface area (Å²) in [4.78, 5) is 18.4. The van der Waals surface area contributed by atoms with E-state index in [-0.39, 0.29) is 11.3 Å². The number of H-pyrrole nitrogens is 1. The maximum absolute atomic E-state index is 13.0. The predicted octanol–water partition coefficient (Wildman–Crippen LogP) is 3.61. The smallest absolute Gasteiger partial charge is 0.267 e. The number of thiophene rings is 1. The molecule has 0 saturated carbocycles. The molecule has 3 aromatic rings. The van der Waals surface area contributed by atoms with Crippen LogP contribution in [0.2, 0.25) is 0 Å². The highest BCUT2D eigenvalue weighted by molar-refractivity contribution is 7.71. The Kier molecular flexibility index (Phi) is 2.99. The van der Waals surface area contributed by atoms with Crippen molar-refractivity contribution in [1.82, 2.24) is 9.55 Å². The van der Waals surface area contributed by atoms with Crippen molar-refractivity contribution >= 4 is 33.8 Å². The fourth-order valence-corrected chi connectivity index (χ4v) is 4.81. The van der Waals surface area contributed by atoms with E-state index in [1.807, 2.05) is 6.92 Å². The van der Waals surface area contributed by atoms with Gasteiger partial charge >= 0.3 is 0 Å². The lowest BCUT2D eigenvalue weighted by atomic mass is 10.1. The summed E-state index contributed by atoms with van der Waals surface area (Å²) in [6.45, 7) is 1.86. The van der Waals surface area contributed by atoms with Gasteiger partial charge in [-0.3, -0.25) is 9.36 Å². The van der Waals surface area contributed by atoms with Crippen molar-refractivity contribution < 1.29 is 5.11 Å². The molecule has 0 atom stereocenters. The fourth-order valence-electron chi connectivity index (χ4n) is 3.18. The van der Waals surface area contributed by atoms with E-state index in [0.29, 0.717) is 10.5 Å². The van der Waals surface area contributed by atoms with Crippen LogP contribution in [0.1, 0.15) is 22.4 Å². The Morgan fingerprint density at radius 2 is 2.18 bits per heavy atom. The van der Waals surface area contributed by atoms with E-state index in [2.05, 4.69) is 4.98 Å². The minimum atomic E-state index is -0.0630. The van der Waals surface area contributed by atoms with Gasteiger partial charge in [-0.1, -0.05) is 0 Å². The van der Waals surface area contributed by atoms with Crippen molar-refractivity contribution in [2.24, 2.45) is 0 Å². The standard InChI is InChI=1S/C16H14N2O2S2/c1-8-7-9(19)5-6-11(8)18-15(20)13-10-3-2-4-12(10)22-14(13)17-16(18)21/h5-7,19H,2-4H2,1H3,(H,17,21). The van der Waals surface area contributed by atoms with Crippen LogP contribution in [-0.2, 0) is 12.8 Å². The third-order valence-corrected chi connectivity index (χ3v) is 5.67. The van der Waals surface area contributed by atoms with Gasteiger partial charge in [-0.15, -0.1) is 11.3 Å².